The summed E-state index contributed by atoms with van der Waals surface area (Å²) in [6, 6.07) is 18.4. The number of piperazine rings is 1. The molecule has 2 heterocycles. The third kappa shape index (κ3) is 7.21. The first kappa shape index (κ1) is 34.6. The molecule has 2 fully saturated rings. The maximum absolute atomic E-state index is 13.7. The van der Waals surface area contributed by atoms with Gasteiger partial charge in [-0.1, -0.05) is 74.8 Å². The van der Waals surface area contributed by atoms with Crippen LogP contribution in [-0.2, 0) is 31.9 Å². The van der Waals surface area contributed by atoms with Crippen molar-refractivity contribution < 1.29 is 21.6 Å². The SMILES string of the molecule is Cc1cc(C(C)(C)C)cc(C)c1S(=O)(=O)N1CCN(C(=O)c2ccc(Cl)c(S(=O)(=O)N3CCC(Cc4ccccc4)CC3)c2)CC1. The lowest BCUT2D eigenvalue weighted by molar-refractivity contribution is 0.0697. The summed E-state index contributed by atoms with van der Waals surface area (Å²) in [5.74, 6) is 0.0454. The van der Waals surface area contributed by atoms with Crippen LogP contribution in [0.25, 0.3) is 0 Å². The van der Waals surface area contributed by atoms with Crippen molar-refractivity contribution in [1.29, 1.82) is 0 Å². The minimum atomic E-state index is -3.91. The highest BCUT2D eigenvalue weighted by Crippen LogP contribution is 2.33. The first-order valence-corrected chi connectivity index (χ1v) is 19.1. The van der Waals surface area contributed by atoms with Gasteiger partial charge < -0.3 is 4.90 Å². The van der Waals surface area contributed by atoms with Crippen molar-refractivity contribution in [1.82, 2.24) is 13.5 Å². The van der Waals surface area contributed by atoms with Crippen LogP contribution < -0.4 is 0 Å². The Hall–Kier alpha value is -2.76. The lowest BCUT2D eigenvalue weighted by Gasteiger charge is -2.35. The van der Waals surface area contributed by atoms with E-state index in [-0.39, 0.29) is 53.0 Å². The molecule has 0 bridgehead atoms. The molecule has 3 aromatic rings. The van der Waals surface area contributed by atoms with Gasteiger partial charge in [-0.2, -0.15) is 8.61 Å². The van der Waals surface area contributed by atoms with Crippen molar-refractivity contribution in [2.75, 3.05) is 39.3 Å². The lowest BCUT2D eigenvalue weighted by Crippen LogP contribution is -2.50. The van der Waals surface area contributed by atoms with Gasteiger partial charge in [0.25, 0.3) is 5.91 Å². The monoisotopic (exact) mass is 685 g/mol. The van der Waals surface area contributed by atoms with Gasteiger partial charge in [-0.3, -0.25) is 4.79 Å². The van der Waals surface area contributed by atoms with Gasteiger partial charge in [0, 0.05) is 44.8 Å². The molecule has 0 aliphatic carbocycles. The number of amides is 1. The normalized spacial score (nSPS) is 17.7. The molecule has 11 heteroatoms. The number of halogens is 1. The summed E-state index contributed by atoms with van der Waals surface area (Å²) < 4.78 is 57.7. The maximum Gasteiger partial charge on any atom is 0.253 e. The van der Waals surface area contributed by atoms with Gasteiger partial charge in [-0.05, 0) is 84.9 Å². The third-order valence-electron chi connectivity index (χ3n) is 9.19. The second-order valence-electron chi connectivity index (χ2n) is 13.6. The molecule has 0 N–H and O–H groups in total. The molecule has 46 heavy (non-hydrogen) atoms. The van der Waals surface area contributed by atoms with Crippen LogP contribution in [0.15, 0.2) is 70.5 Å². The van der Waals surface area contributed by atoms with E-state index < -0.39 is 20.0 Å². The van der Waals surface area contributed by atoms with E-state index in [1.54, 1.807) is 4.90 Å². The van der Waals surface area contributed by atoms with Crippen LogP contribution in [0, 0.1) is 19.8 Å². The second kappa shape index (κ2) is 13.4. The minimum absolute atomic E-state index is 0.0714. The Labute approximate surface area is 279 Å². The van der Waals surface area contributed by atoms with Crippen molar-refractivity contribution in [3.63, 3.8) is 0 Å². The van der Waals surface area contributed by atoms with E-state index in [4.69, 9.17) is 11.6 Å². The molecule has 2 saturated heterocycles. The Morgan fingerprint density at radius 2 is 1.35 bits per heavy atom. The maximum atomic E-state index is 13.7. The van der Waals surface area contributed by atoms with Crippen molar-refractivity contribution in [3.05, 3.63) is 93.5 Å². The van der Waals surface area contributed by atoms with E-state index in [9.17, 15) is 21.6 Å². The number of hydrogen-bond donors (Lipinski definition) is 0. The zero-order valence-corrected chi connectivity index (χ0v) is 29.7. The zero-order valence-electron chi connectivity index (χ0n) is 27.3. The topological polar surface area (TPSA) is 95.1 Å². The average molecular weight is 686 g/mol. The van der Waals surface area contributed by atoms with Crippen LogP contribution in [0.2, 0.25) is 5.02 Å². The summed E-state index contributed by atoms with van der Waals surface area (Å²) in [6.07, 6.45) is 2.41. The molecule has 0 atom stereocenters. The number of hydrogen-bond acceptors (Lipinski definition) is 5. The number of carbonyl (C=O) groups is 1. The molecular formula is C35H44ClN3O5S2. The largest absolute Gasteiger partial charge is 0.336 e. The van der Waals surface area contributed by atoms with E-state index in [1.807, 2.05) is 44.2 Å². The summed E-state index contributed by atoms with van der Waals surface area (Å²) in [5, 5.41) is 0.0714. The van der Waals surface area contributed by atoms with Crippen molar-refractivity contribution in [2.24, 2.45) is 5.92 Å². The van der Waals surface area contributed by atoms with E-state index in [1.165, 1.54) is 32.4 Å². The fraction of sp³-hybridized carbons (Fsp3) is 0.457. The Bertz CT molecular complexity index is 1780. The lowest BCUT2D eigenvalue weighted by atomic mass is 9.85. The van der Waals surface area contributed by atoms with Gasteiger partial charge in [0.05, 0.1) is 9.92 Å². The molecule has 0 saturated carbocycles. The van der Waals surface area contributed by atoms with Crippen LogP contribution in [0.3, 0.4) is 0 Å². The second-order valence-corrected chi connectivity index (χ2v) is 17.8. The highest BCUT2D eigenvalue weighted by atomic mass is 35.5. The van der Waals surface area contributed by atoms with Gasteiger partial charge in [-0.25, -0.2) is 16.8 Å². The van der Waals surface area contributed by atoms with Crippen molar-refractivity contribution in [2.45, 2.75) is 69.1 Å². The number of rotatable bonds is 7. The van der Waals surface area contributed by atoms with E-state index >= 15 is 0 Å². The van der Waals surface area contributed by atoms with E-state index in [2.05, 4.69) is 32.9 Å². The Kier molecular flexibility index (Phi) is 10.1. The molecule has 1 amide bonds. The highest BCUT2D eigenvalue weighted by molar-refractivity contribution is 7.89. The van der Waals surface area contributed by atoms with Crippen molar-refractivity contribution in [3.8, 4) is 0 Å². The zero-order chi connectivity index (χ0) is 33.4. The number of carbonyl (C=O) groups excluding carboxylic acids is 1. The smallest absolute Gasteiger partial charge is 0.253 e. The molecular weight excluding hydrogens is 642 g/mol. The number of benzene rings is 3. The number of nitrogens with zero attached hydrogens (tertiary/aromatic N) is 3. The third-order valence-corrected chi connectivity index (χ3v) is 13.8. The minimum Gasteiger partial charge on any atom is -0.336 e. The van der Waals surface area contributed by atoms with Gasteiger partial charge in [-0.15, -0.1) is 0 Å². The van der Waals surface area contributed by atoms with Crippen molar-refractivity contribution >= 4 is 37.6 Å². The van der Waals surface area contributed by atoms with E-state index in [0.717, 1.165) is 24.8 Å². The fourth-order valence-electron chi connectivity index (χ4n) is 6.51. The number of sulfonamides is 2. The van der Waals surface area contributed by atoms with Crippen LogP contribution in [-0.4, -0.2) is 75.5 Å². The molecule has 0 radical (unpaired) electrons. The van der Waals surface area contributed by atoms with Gasteiger partial charge in [0.15, 0.2) is 0 Å². The van der Waals surface area contributed by atoms with Gasteiger partial charge in [0.2, 0.25) is 20.0 Å². The Balaban J connectivity index is 1.25. The molecule has 0 unspecified atom stereocenters. The summed E-state index contributed by atoms with van der Waals surface area (Å²) >= 11 is 6.41. The molecule has 0 aromatic heterocycles. The summed E-state index contributed by atoms with van der Waals surface area (Å²) in [6.45, 7) is 11.4. The predicted octanol–water partition coefficient (Wildman–Crippen LogP) is 6.04. The first-order valence-electron chi connectivity index (χ1n) is 15.8. The quantitative estimate of drug-likeness (QED) is 0.302. The van der Waals surface area contributed by atoms with Crippen LogP contribution in [0.4, 0.5) is 0 Å². The van der Waals surface area contributed by atoms with Crippen LogP contribution >= 0.6 is 11.6 Å². The number of aryl methyl sites for hydroxylation is 2. The molecule has 3 aromatic carbocycles. The molecule has 2 aliphatic heterocycles. The average Bonchev–Trinajstić information content (AvgIpc) is 3.01. The number of piperidine rings is 1. The van der Waals surface area contributed by atoms with Crippen LogP contribution in [0.1, 0.15) is 66.2 Å². The van der Waals surface area contributed by atoms with Gasteiger partial charge in [0.1, 0.15) is 4.90 Å². The summed E-state index contributed by atoms with van der Waals surface area (Å²) in [5.41, 5.74) is 3.84. The summed E-state index contributed by atoms with van der Waals surface area (Å²) in [4.78, 5) is 15.4. The van der Waals surface area contributed by atoms with Gasteiger partial charge >= 0.3 is 0 Å². The van der Waals surface area contributed by atoms with E-state index in [0.29, 0.717) is 35.0 Å². The Morgan fingerprint density at radius 3 is 1.91 bits per heavy atom. The molecule has 5 rings (SSSR count). The van der Waals surface area contributed by atoms with Crippen LogP contribution in [0.5, 0.6) is 0 Å². The Morgan fingerprint density at radius 1 is 0.783 bits per heavy atom. The summed E-state index contributed by atoms with van der Waals surface area (Å²) in [7, 11) is -7.68. The first-order chi connectivity index (χ1) is 21.6. The molecule has 2 aliphatic rings. The molecule has 248 valence electrons. The molecule has 8 nitrogen and oxygen atoms in total. The fourth-order valence-corrected chi connectivity index (χ4v) is 10.3. The molecule has 0 spiro atoms. The highest BCUT2D eigenvalue weighted by Gasteiger charge is 2.35. The standard InChI is InChI=1S/C35H44ClN3O5S2/c1-25-21-30(35(3,4)5)22-26(2)33(25)46(43,44)39-19-17-37(18-20-39)34(40)29-11-12-31(36)32(24-29)45(41,42)38-15-13-28(14-16-38)23-27-9-7-6-8-10-27/h6-12,21-22,24,28H,13-20,23H2,1-5H3. The predicted molar refractivity (Wildman–Crippen MR) is 182 cm³/mol.